The minimum absolute atomic E-state index is 0.0288. The van der Waals surface area contributed by atoms with Crippen molar-refractivity contribution in [2.75, 3.05) is 40.3 Å². The zero-order valence-electron chi connectivity index (χ0n) is 21.1. The zero-order valence-corrected chi connectivity index (χ0v) is 21.1. The summed E-state index contributed by atoms with van der Waals surface area (Å²) in [5.41, 5.74) is 3.10. The fraction of sp³-hybridized carbons (Fsp3) is 0.400. The number of aromatic nitrogens is 2. The van der Waals surface area contributed by atoms with E-state index in [4.69, 9.17) is 9.26 Å². The Bertz CT molecular complexity index is 1310. The van der Waals surface area contributed by atoms with Crippen LogP contribution in [0, 0.1) is 0 Å². The monoisotopic (exact) mass is 510 g/mol. The number of likely N-dealkylation sites (N-methyl/N-ethyl adjacent to an activating group) is 1. The number of ether oxygens (including phenoxy) is 1. The number of benzene rings is 1. The van der Waals surface area contributed by atoms with Crippen LogP contribution >= 0.6 is 0 Å². The normalized spacial score (nSPS) is 13.5. The van der Waals surface area contributed by atoms with Crippen molar-refractivity contribution in [3.8, 4) is 0 Å². The lowest BCUT2D eigenvalue weighted by molar-refractivity contribution is -0.124. The van der Waals surface area contributed by atoms with Gasteiger partial charge in [-0.05, 0) is 57.1 Å². The van der Waals surface area contributed by atoms with Crippen LogP contribution in [0.3, 0.4) is 0 Å². The molecular formula is C25H30N6O6. The topological polar surface area (TPSA) is 150 Å². The molecule has 12 nitrogen and oxygen atoms in total. The quantitative estimate of drug-likeness (QED) is 0.259. The largest absolute Gasteiger partial charge is 0.461 e. The van der Waals surface area contributed by atoms with Gasteiger partial charge in [0.25, 0.3) is 5.91 Å². The van der Waals surface area contributed by atoms with Crippen molar-refractivity contribution in [1.82, 2.24) is 30.6 Å². The molecule has 1 saturated heterocycles. The van der Waals surface area contributed by atoms with Crippen molar-refractivity contribution in [3.05, 3.63) is 52.5 Å². The number of urea groups is 1. The summed E-state index contributed by atoms with van der Waals surface area (Å²) in [6, 6.07) is 6.87. The van der Waals surface area contributed by atoms with Gasteiger partial charge in [-0.2, -0.15) is 0 Å². The first kappa shape index (κ1) is 25.9. The van der Waals surface area contributed by atoms with E-state index in [0.717, 1.165) is 28.6 Å². The Morgan fingerprint density at radius 3 is 2.73 bits per heavy atom. The molecule has 0 radical (unpaired) electrons. The van der Waals surface area contributed by atoms with Crippen molar-refractivity contribution in [2.24, 2.45) is 0 Å². The van der Waals surface area contributed by atoms with Gasteiger partial charge in [-0.15, -0.1) is 0 Å². The standard InChI is InChI=1S/C25H30N6O6/c1-4-36-24(34)20-12-16(37-29-20)13-26-23(33)22-17(8-9-30(2)3)18-11-15(5-6-19(18)28-22)7-10-31-21(32)14-27-25(31)35/h5-6,11-12,28H,4,7-10,13-14H2,1-3H3,(H,26,33)(H,27,35). The average Bonchev–Trinajstić information content (AvgIpc) is 3.57. The number of hydrogen-bond donors (Lipinski definition) is 3. The molecule has 1 aliphatic rings. The lowest BCUT2D eigenvalue weighted by Gasteiger charge is -2.12. The number of H-pyrrole nitrogens is 1. The Labute approximate surface area is 213 Å². The van der Waals surface area contributed by atoms with Crippen molar-refractivity contribution < 1.29 is 28.4 Å². The van der Waals surface area contributed by atoms with E-state index in [1.54, 1.807) is 6.92 Å². The van der Waals surface area contributed by atoms with Gasteiger partial charge in [0.2, 0.25) is 5.91 Å². The summed E-state index contributed by atoms with van der Waals surface area (Å²) >= 11 is 0. The van der Waals surface area contributed by atoms with Crippen LogP contribution in [0.2, 0.25) is 0 Å². The van der Waals surface area contributed by atoms with Crippen LogP contribution < -0.4 is 10.6 Å². The Morgan fingerprint density at radius 2 is 2.03 bits per heavy atom. The molecule has 4 rings (SSSR count). The molecule has 1 fully saturated rings. The van der Waals surface area contributed by atoms with Crippen molar-refractivity contribution >= 4 is 34.7 Å². The van der Waals surface area contributed by atoms with E-state index >= 15 is 0 Å². The summed E-state index contributed by atoms with van der Waals surface area (Å²) in [6.45, 7) is 3.01. The van der Waals surface area contributed by atoms with Gasteiger partial charge in [-0.25, -0.2) is 9.59 Å². The first-order chi connectivity index (χ1) is 17.8. The molecule has 4 amide bonds. The third-order valence-corrected chi connectivity index (χ3v) is 6.03. The van der Waals surface area contributed by atoms with Gasteiger partial charge in [0.05, 0.1) is 19.7 Å². The summed E-state index contributed by atoms with van der Waals surface area (Å²) in [7, 11) is 3.92. The van der Waals surface area contributed by atoms with Gasteiger partial charge in [0, 0.05) is 30.1 Å². The minimum Gasteiger partial charge on any atom is -0.461 e. The SMILES string of the molecule is CCOC(=O)c1cc(CNC(=O)c2[nH]c3ccc(CCN4C(=O)CNC4=O)cc3c2CCN(C)C)on1. The lowest BCUT2D eigenvalue weighted by Crippen LogP contribution is -2.32. The van der Waals surface area contributed by atoms with E-state index in [-0.39, 0.29) is 49.8 Å². The highest BCUT2D eigenvalue weighted by atomic mass is 16.5. The number of carbonyl (C=O) groups excluding carboxylic acids is 4. The second-order valence-electron chi connectivity index (χ2n) is 8.95. The summed E-state index contributed by atoms with van der Waals surface area (Å²) in [4.78, 5) is 55.1. The molecule has 3 aromatic rings. The second-order valence-corrected chi connectivity index (χ2v) is 8.95. The molecule has 12 heteroatoms. The fourth-order valence-electron chi connectivity index (χ4n) is 4.12. The maximum atomic E-state index is 13.2. The van der Waals surface area contributed by atoms with Crippen LogP contribution in [-0.2, 0) is 28.9 Å². The number of amides is 4. The van der Waals surface area contributed by atoms with Crippen LogP contribution in [0.15, 0.2) is 28.8 Å². The first-order valence-electron chi connectivity index (χ1n) is 12.0. The highest BCUT2D eigenvalue weighted by Crippen LogP contribution is 2.25. The van der Waals surface area contributed by atoms with Gasteiger partial charge in [-0.1, -0.05) is 11.2 Å². The molecule has 3 N–H and O–H groups in total. The zero-order chi connectivity index (χ0) is 26.5. The Kier molecular flexibility index (Phi) is 7.87. The first-order valence-corrected chi connectivity index (χ1v) is 12.0. The number of nitrogens with zero attached hydrogens (tertiary/aromatic N) is 3. The predicted octanol–water partition coefficient (Wildman–Crippen LogP) is 1.46. The van der Waals surface area contributed by atoms with Crippen LogP contribution in [0.25, 0.3) is 10.9 Å². The van der Waals surface area contributed by atoms with Crippen LogP contribution in [0.4, 0.5) is 4.79 Å². The third kappa shape index (κ3) is 5.97. The molecule has 0 bridgehead atoms. The van der Waals surface area contributed by atoms with Crippen molar-refractivity contribution in [1.29, 1.82) is 0 Å². The second kappa shape index (κ2) is 11.2. The molecule has 0 atom stereocenters. The van der Waals surface area contributed by atoms with Gasteiger partial charge in [-0.3, -0.25) is 14.5 Å². The number of hydrogen-bond acceptors (Lipinski definition) is 8. The van der Waals surface area contributed by atoms with Gasteiger partial charge in [0.1, 0.15) is 5.69 Å². The number of rotatable bonds is 11. The molecule has 0 unspecified atom stereocenters. The van der Waals surface area contributed by atoms with E-state index < -0.39 is 5.97 Å². The number of esters is 1. The Balaban J connectivity index is 1.51. The molecule has 1 aliphatic heterocycles. The molecular weight excluding hydrogens is 480 g/mol. The molecule has 1 aromatic carbocycles. The molecule has 0 saturated carbocycles. The molecule has 0 spiro atoms. The fourth-order valence-corrected chi connectivity index (χ4v) is 4.12. The summed E-state index contributed by atoms with van der Waals surface area (Å²) in [5.74, 6) is -0.819. The molecule has 2 aromatic heterocycles. The van der Waals surface area contributed by atoms with Crippen molar-refractivity contribution in [3.63, 3.8) is 0 Å². The maximum absolute atomic E-state index is 13.2. The smallest absolute Gasteiger partial charge is 0.360 e. The van der Waals surface area contributed by atoms with E-state index in [1.165, 1.54) is 11.0 Å². The van der Waals surface area contributed by atoms with Gasteiger partial charge < -0.3 is 29.8 Å². The highest BCUT2D eigenvalue weighted by Gasteiger charge is 2.28. The number of nitrogens with one attached hydrogen (secondary N) is 3. The lowest BCUT2D eigenvalue weighted by atomic mass is 10.0. The third-order valence-electron chi connectivity index (χ3n) is 6.03. The van der Waals surface area contributed by atoms with E-state index in [1.807, 2.05) is 37.2 Å². The van der Waals surface area contributed by atoms with Crippen LogP contribution in [0.5, 0.6) is 0 Å². The molecule has 0 aliphatic carbocycles. The van der Waals surface area contributed by atoms with E-state index in [9.17, 15) is 19.2 Å². The highest BCUT2D eigenvalue weighted by molar-refractivity contribution is 6.02. The number of imide groups is 1. The summed E-state index contributed by atoms with van der Waals surface area (Å²) < 4.78 is 10.0. The van der Waals surface area contributed by atoms with Gasteiger partial charge in [0.15, 0.2) is 11.5 Å². The number of carbonyl (C=O) groups is 4. The van der Waals surface area contributed by atoms with E-state index in [2.05, 4.69) is 20.8 Å². The van der Waals surface area contributed by atoms with Gasteiger partial charge >= 0.3 is 12.0 Å². The minimum atomic E-state index is -0.587. The average molecular weight is 511 g/mol. The van der Waals surface area contributed by atoms with Crippen LogP contribution in [0.1, 0.15) is 44.8 Å². The Hall–Kier alpha value is -4.19. The summed E-state index contributed by atoms with van der Waals surface area (Å²) in [6.07, 6.45) is 1.13. The van der Waals surface area contributed by atoms with E-state index in [0.29, 0.717) is 24.3 Å². The summed E-state index contributed by atoms with van der Waals surface area (Å²) in [5, 5.41) is 9.94. The number of fused-ring (bicyclic) bond motifs is 1. The molecule has 37 heavy (non-hydrogen) atoms. The predicted molar refractivity (Wildman–Crippen MR) is 133 cm³/mol. The number of aromatic amines is 1. The molecule has 3 heterocycles. The Morgan fingerprint density at radius 1 is 1.22 bits per heavy atom. The molecule has 196 valence electrons. The van der Waals surface area contributed by atoms with Crippen molar-refractivity contribution in [2.45, 2.75) is 26.3 Å². The maximum Gasteiger partial charge on any atom is 0.360 e. The van der Waals surface area contributed by atoms with Crippen LogP contribution in [-0.4, -0.2) is 84.1 Å².